The van der Waals surface area contributed by atoms with E-state index in [0.29, 0.717) is 6.54 Å². The van der Waals surface area contributed by atoms with Gasteiger partial charge in [-0.2, -0.15) is 0 Å². The van der Waals surface area contributed by atoms with Crippen molar-refractivity contribution in [2.24, 2.45) is 0 Å². The summed E-state index contributed by atoms with van der Waals surface area (Å²) in [4.78, 5) is 16.2. The average molecular weight is 419 g/mol. The van der Waals surface area contributed by atoms with E-state index in [0.717, 1.165) is 27.0 Å². The minimum absolute atomic E-state index is 0.0878. The van der Waals surface area contributed by atoms with E-state index in [1.54, 1.807) is 11.8 Å². The van der Waals surface area contributed by atoms with Crippen molar-refractivity contribution in [3.05, 3.63) is 53.0 Å². The van der Waals surface area contributed by atoms with Crippen molar-refractivity contribution < 1.29 is 9.53 Å². The van der Waals surface area contributed by atoms with Crippen LogP contribution >= 0.6 is 27.7 Å². The van der Waals surface area contributed by atoms with Crippen molar-refractivity contribution in [1.82, 2.24) is 10.3 Å². The van der Waals surface area contributed by atoms with E-state index in [2.05, 4.69) is 50.5 Å². The van der Waals surface area contributed by atoms with Gasteiger partial charge in [0.15, 0.2) is 0 Å². The highest BCUT2D eigenvalue weighted by Gasteiger charge is 2.13. The topological polar surface area (TPSA) is 54.1 Å². The minimum Gasteiger partial charge on any atom is -0.375 e. The van der Waals surface area contributed by atoms with Gasteiger partial charge >= 0.3 is 0 Å². The van der Waals surface area contributed by atoms with Crippen LogP contribution in [0, 0.1) is 0 Å². The van der Waals surface area contributed by atoms with Crippen molar-refractivity contribution in [2.45, 2.75) is 4.90 Å². The van der Waals surface area contributed by atoms with Crippen molar-refractivity contribution in [3.8, 4) is 11.3 Å². The van der Waals surface area contributed by atoms with E-state index in [1.807, 2.05) is 24.3 Å². The number of ether oxygens (including phenoxy) is 1. The summed E-state index contributed by atoms with van der Waals surface area (Å²) in [6, 6.07) is 16.6. The van der Waals surface area contributed by atoms with Gasteiger partial charge in [-0.1, -0.05) is 46.3 Å². The normalized spacial score (nSPS) is 11.0. The van der Waals surface area contributed by atoms with Gasteiger partial charge in [-0.15, -0.1) is 11.8 Å². The van der Waals surface area contributed by atoms with Crippen molar-refractivity contribution in [3.63, 3.8) is 0 Å². The molecular weight excluding hydrogens is 400 g/mol. The molecule has 0 atom stereocenters. The lowest BCUT2D eigenvalue weighted by Gasteiger charge is -2.07. The predicted octanol–water partition coefficient (Wildman–Crippen LogP) is 4.45. The highest BCUT2D eigenvalue weighted by atomic mass is 79.9. The van der Waals surface area contributed by atoms with Gasteiger partial charge in [0, 0.05) is 39.7 Å². The summed E-state index contributed by atoms with van der Waals surface area (Å²) in [6.07, 6.45) is 0. The molecule has 0 saturated carbocycles. The summed E-state index contributed by atoms with van der Waals surface area (Å²) in [5, 5.41) is 4.06. The first-order chi connectivity index (χ1) is 12.2. The number of halogens is 1. The number of nitrogens with one attached hydrogen (secondary N) is 2. The molecule has 3 rings (SSSR count). The Kier molecular flexibility index (Phi) is 6.18. The molecule has 0 unspecified atom stereocenters. The third kappa shape index (κ3) is 4.45. The maximum atomic E-state index is 11.5. The number of amides is 1. The zero-order valence-electron chi connectivity index (χ0n) is 13.8. The number of para-hydroxylation sites is 1. The Labute approximate surface area is 159 Å². The SMILES string of the molecule is COCC(=O)NCCSc1c(-c2ccc(Br)cc2)[nH]c2ccccc12. The van der Waals surface area contributed by atoms with E-state index < -0.39 is 0 Å². The zero-order valence-corrected chi connectivity index (χ0v) is 16.2. The van der Waals surface area contributed by atoms with Crippen molar-refractivity contribution in [2.75, 3.05) is 26.0 Å². The number of rotatable bonds is 7. The molecule has 0 aliphatic rings. The molecule has 2 aromatic carbocycles. The van der Waals surface area contributed by atoms with Crippen LogP contribution in [0.1, 0.15) is 0 Å². The second kappa shape index (κ2) is 8.56. The van der Waals surface area contributed by atoms with E-state index in [9.17, 15) is 4.79 Å². The lowest BCUT2D eigenvalue weighted by molar-refractivity contribution is -0.124. The second-order valence-electron chi connectivity index (χ2n) is 5.51. The van der Waals surface area contributed by atoms with E-state index in [4.69, 9.17) is 4.74 Å². The van der Waals surface area contributed by atoms with Gasteiger partial charge in [0.1, 0.15) is 6.61 Å². The third-order valence-corrected chi connectivity index (χ3v) is 5.39. The number of fused-ring (bicyclic) bond motifs is 1. The molecule has 0 bridgehead atoms. The maximum Gasteiger partial charge on any atom is 0.246 e. The number of thioether (sulfide) groups is 1. The van der Waals surface area contributed by atoms with E-state index >= 15 is 0 Å². The molecule has 1 heterocycles. The van der Waals surface area contributed by atoms with Crippen LogP contribution in [0.2, 0.25) is 0 Å². The van der Waals surface area contributed by atoms with Gasteiger partial charge in [0.2, 0.25) is 5.91 Å². The molecule has 3 aromatic rings. The largest absolute Gasteiger partial charge is 0.375 e. The zero-order chi connectivity index (χ0) is 17.6. The number of aromatic nitrogens is 1. The monoisotopic (exact) mass is 418 g/mol. The Morgan fingerprint density at radius 2 is 1.96 bits per heavy atom. The van der Waals surface area contributed by atoms with E-state index in [-0.39, 0.29) is 12.5 Å². The molecular formula is C19H19BrN2O2S. The summed E-state index contributed by atoms with van der Waals surface area (Å²) >= 11 is 5.23. The Bertz CT molecular complexity index is 861. The van der Waals surface area contributed by atoms with Crippen LogP contribution in [0.4, 0.5) is 0 Å². The first-order valence-corrected chi connectivity index (χ1v) is 9.72. The van der Waals surface area contributed by atoms with Gasteiger partial charge in [0.05, 0.1) is 5.69 Å². The molecule has 1 aromatic heterocycles. The molecule has 0 aliphatic heterocycles. The van der Waals surface area contributed by atoms with Crippen molar-refractivity contribution in [1.29, 1.82) is 0 Å². The smallest absolute Gasteiger partial charge is 0.246 e. The van der Waals surface area contributed by atoms with Crippen LogP contribution in [0.5, 0.6) is 0 Å². The molecule has 0 saturated heterocycles. The summed E-state index contributed by atoms with van der Waals surface area (Å²) in [5.74, 6) is 0.705. The number of aromatic amines is 1. The molecule has 0 fully saturated rings. The number of carbonyl (C=O) groups excluding carboxylic acids is 1. The fourth-order valence-electron chi connectivity index (χ4n) is 2.61. The fraction of sp³-hybridized carbons (Fsp3) is 0.211. The summed E-state index contributed by atoms with van der Waals surface area (Å²) in [5.41, 5.74) is 3.37. The Morgan fingerprint density at radius 1 is 1.20 bits per heavy atom. The van der Waals surface area contributed by atoms with Crippen LogP contribution in [0.25, 0.3) is 22.2 Å². The van der Waals surface area contributed by atoms with Crippen LogP contribution in [0.15, 0.2) is 57.9 Å². The fourth-order valence-corrected chi connectivity index (χ4v) is 3.93. The molecule has 4 nitrogen and oxygen atoms in total. The average Bonchev–Trinajstić information content (AvgIpc) is 2.98. The number of carbonyl (C=O) groups is 1. The lowest BCUT2D eigenvalue weighted by Crippen LogP contribution is -2.29. The third-order valence-electron chi connectivity index (χ3n) is 3.74. The molecule has 0 radical (unpaired) electrons. The highest BCUT2D eigenvalue weighted by Crippen LogP contribution is 2.37. The molecule has 1 amide bonds. The molecule has 6 heteroatoms. The van der Waals surface area contributed by atoms with Gasteiger partial charge in [-0.05, 0) is 23.8 Å². The first-order valence-electron chi connectivity index (χ1n) is 7.94. The molecule has 2 N–H and O–H groups in total. The van der Waals surface area contributed by atoms with Crippen LogP contribution in [-0.4, -0.2) is 36.9 Å². The maximum absolute atomic E-state index is 11.5. The first kappa shape index (κ1) is 18.0. The van der Waals surface area contributed by atoms with Gasteiger partial charge in [-0.25, -0.2) is 0 Å². The Hall–Kier alpha value is -1.76. The van der Waals surface area contributed by atoms with Gasteiger partial charge < -0.3 is 15.0 Å². The van der Waals surface area contributed by atoms with Crippen molar-refractivity contribution >= 4 is 44.5 Å². The second-order valence-corrected chi connectivity index (χ2v) is 7.53. The molecule has 130 valence electrons. The quantitative estimate of drug-likeness (QED) is 0.440. The van der Waals surface area contributed by atoms with Crippen LogP contribution in [-0.2, 0) is 9.53 Å². The van der Waals surface area contributed by atoms with Crippen LogP contribution in [0.3, 0.4) is 0 Å². The summed E-state index contributed by atoms with van der Waals surface area (Å²) in [6.45, 7) is 0.702. The molecule has 0 aliphatic carbocycles. The standard InChI is InChI=1S/C19H19BrN2O2S/c1-24-12-17(23)21-10-11-25-19-15-4-2-3-5-16(15)22-18(19)13-6-8-14(20)9-7-13/h2-9,22H,10-12H2,1H3,(H,21,23). The van der Waals surface area contributed by atoms with Crippen LogP contribution < -0.4 is 5.32 Å². The number of hydrogen-bond donors (Lipinski definition) is 2. The Balaban J connectivity index is 1.81. The molecule has 25 heavy (non-hydrogen) atoms. The number of hydrogen-bond acceptors (Lipinski definition) is 3. The number of benzene rings is 2. The number of H-pyrrole nitrogens is 1. The van der Waals surface area contributed by atoms with E-state index in [1.165, 1.54) is 17.4 Å². The summed E-state index contributed by atoms with van der Waals surface area (Å²) < 4.78 is 5.88. The van der Waals surface area contributed by atoms with Gasteiger partial charge in [0.25, 0.3) is 0 Å². The lowest BCUT2D eigenvalue weighted by atomic mass is 10.1. The predicted molar refractivity (Wildman–Crippen MR) is 107 cm³/mol. The summed E-state index contributed by atoms with van der Waals surface area (Å²) in [7, 11) is 1.52. The van der Waals surface area contributed by atoms with Gasteiger partial charge in [-0.3, -0.25) is 4.79 Å². The molecule has 0 spiro atoms. The highest BCUT2D eigenvalue weighted by molar-refractivity contribution is 9.10. The Morgan fingerprint density at radius 3 is 2.72 bits per heavy atom. The minimum atomic E-state index is -0.0878. The number of methoxy groups -OCH3 is 1.